The van der Waals surface area contributed by atoms with Crippen molar-refractivity contribution >= 4 is 11.8 Å². The second-order valence-electron chi connectivity index (χ2n) is 7.68. The lowest BCUT2D eigenvalue weighted by Gasteiger charge is -2.31. The Kier molecular flexibility index (Phi) is 8.91. The van der Waals surface area contributed by atoms with Crippen molar-refractivity contribution in [2.45, 2.75) is 66.0 Å². The number of hydrogen-bond donors (Lipinski definition) is 1. The van der Waals surface area contributed by atoms with Crippen molar-refractivity contribution in [1.82, 2.24) is 10.2 Å². The quantitative estimate of drug-likeness (QED) is 0.600. The van der Waals surface area contributed by atoms with Crippen molar-refractivity contribution in [2.24, 2.45) is 0 Å². The summed E-state index contributed by atoms with van der Waals surface area (Å²) in [5.41, 5.74) is 4.29. The summed E-state index contributed by atoms with van der Waals surface area (Å²) in [5, 5.41) is 3.01. The molecule has 0 radical (unpaired) electrons. The highest BCUT2D eigenvalue weighted by Crippen LogP contribution is 2.17. The van der Waals surface area contributed by atoms with Gasteiger partial charge in [0.2, 0.25) is 11.8 Å². The van der Waals surface area contributed by atoms with Crippen LogP contribution in [0.5, 0.6) is 0 Å². The lowest BCUT2D eigenvalue weighted by molar-refractivity contribution is -0.140. The predicted octanol–water partition coefficient (Wildman–Crippen LogP) is 4.57. The van der Waals surface area contributed by atoms with Crippen LogP contribution in [0.2, 0.25) is 0 Å². The van der Waals surface area contributed by atoms with Gasteiger partial charge in [-0.3, -0.25) is 9.59 Å². The van der Waals surface area contributed by atoms with E-state index in [2.05, 4.69) is 24.4 Å². The van der Waals surface area contributed by atoms with Crippen LogP contribution in [0.1, 0.15) is 55.4 Å². The fraction of sp³-hybridized carbons (Fsp3) is 0.440. The van der Waals surface area contributed by atoms with Crippen molar-refractivity contribution in [3.05, 3.63) is 70.8 Å². The first-order chi connectivity index (χ1) is 14.0. The summed E-state index contributed by atoms with van der Waals surface area (Å²) in [5.74, 6) is -0.0776. The number of carbonyl (C=O) groups is 2. The summed E-state index contributed by atoms with van der Waals surface area (Å²) in [4.78, 5) is 28.0. The first-order valence-electron chi connectivity index (χ1n) is 10.6. The van der Waals surface area contributed by atoms with Gasteiger partial charge in [0, 0.05) is 13.1 Å². The Morgan fingerprint density at radius 3 is 2.41 bits per heavy atom. The van der Waals surface area contributed by atoms with Crippen LogP contribution in [-0.2, 0) is 22.6 Å². The molecule has 0 saturated heterocycles. The van der Waals surface area contributed by atoms with Gasteiger partial charge in [-0.2, -0.15) is 0 Å². The molecule has 2 rings (SSSR count). The van der Waals surface area contributed by atoms with E-state index in [0.29, 0.717) is 25.9 Å². The lowest BCUT2D eigenvalue weighted by Crippen LogP contribution is -2.49. The molecule has 4 nitrogen and oxygen atoms in total. The first kappa shape index (κ1) is 22.7. The van der Waals surface area contributed by atoms with Crippen molar-refractivity contribution in [3.63, 3.8) is 0 Å². The largest absolute Gasteiger partial charge is 0.354 e. The van der Waals surface area contributed by atoms with E-state index in [-0.39, 0.29) is 11.8 Å². The lowest BCUT2D eigenvalue weighted by atomic mass is 10.0. The fourth-order valence-corrected chi connectivity index (χ4v) is 3.46. The van der Waals surface area contributed by atoms with Crippen LogP contribution in [-0.4, -0.2) is 29.3 Å². The molecule has 0 aromatic heterocycles. The zero-order chi connectivity index (χ0) is 21.2. The van der Waals surface area contributed by atoms with Gasteiger partial charge in [-0.1, -0.05) is 74.4 Å². The smallest absolute Gasteiger partial charge is 0.242 e. The number of rotatable bonds is 10. The first-order valence-corrected chi connectivity index (χ1v) is 10.6. The Bertz CT molecular complexity index is 802. The molecule has 0 aliphatic heterocycles. The van der Waals surface area contributed by atoms with E-state index in [1.807, 2.05) is 57.2 Å². The van der Waals surface area contributed by atoms with Gasteiger partial charge in [-0.05, 0) is 43.4 Å². The second-order valence-corrected chi connectivity index (χ2v) is 7.68. The predicted molar refractivity (Wildman–Crippen MR) is 119 cm³/mol. The standard InChI is InChI=1S/C25H34N2O2/c1-5-7-15-26-25(29)23(6-2)27(18-21-11-9-8-10-12-21)24(28)17-22-16-19(3)13-14-20(22)4/h8-14,16,23H,5-7,15,17-18H2,1-4H3,(H,26,29)/t23-/m1/s1. The molecule has 0 spiro atoms. The molecule has 2 amide bonds. The molecular formula is C25H34N2O2. The highest BCUT2D eigenvalue weighted by atomic mass is 16.2. The van der Waals surface area contributed by atoms with Crippen molar-refractivity contribution < 1.29 is 9.59 Å². The monoisotopic (exact) mass is 394 g/mol. The van der Waals surface area contributed by atoms with Crippen molar-refractivity contribution in [2.75, 3.05) is 6.54 Å². The third kappa shape index (κ3) is 6.74. The van der Waals surface area contributed by atoms with E-state index in [0.717, 1.165) is 35.1 Å². The number of aryl methyl sites for hydroxylation is 2. The molecule has 0 bridgehead atoms. The highest BCUT2D eigenvalue weighted by molar-refractivity contribution is 5.88. The molecule has 1 N–H and O–H groups in total. The molecule has 156 valence electrons. The summed E-state index contributed by atoms with van der Waals surface area (Å²) < 4.78 is 0. The molecular weight excluding hydrogens is 360 g/mol. The maximum Gasteiger partial charge on any atom is 0.242 e. The summed E-state index contributed by atoms with van der Waals surface area (Å²) >= 11 is 0. The molecule has 0 saturated carbocycles. The minimum Gasteiger partial charge on any atom is -0.354 e. The van der Waals surface area contributed by atoms with Crippen LogP contribution in [0.4, 0.5) is 0 Å². The van der Waals surface area contributed by atoms with E-state index in [4.69, 9.17) is 0 Å². The van der Waals surface area contributed by atoms with Gasteiger partial charge in [0.05, 0.1) is 6.42 Å². The molecule has 0 heterocycles. The Hall–Kier alpha value is -2.62. The van der Waals surface area contributed by atoms with Crippen LogP contribution >= 0.6 is 0 Å². The van der Waals surface area contributed by atoms with E-state index >= 15 is 0 Å². The van der Waals surface area contributed by atoms with Crippen LogP contribution in [0.3, 0.4) is 0 Å². The third-order valence-electron chi connectivity index (χ3n) is 5.26. The summed E-state index contributed by atoms with van der Waals surface area (Å²) in [7, 11) is 0. The van der Waals surface area contributed by atoms with E-state index < -0.39 is 6.04 Å². The van der Waals surface area contributed by atoms with Crippen LogP contribution in [0.15, 0.2) is 48.5 Å². The number of nitrogens with one attached hydrogen (secondary N) is 1. The number of carbonyl (C=O) groups excluding carboxylic acids is 2. The second kappa shape index (κ2) is 11.4. The molecule has 2 aromatic carbocycles. The van der Waals surface area contributed by atoms with E-state index in [9.17, 15) is 9.59 Å². The van der Waals surface area contributed by atoms with Crippen LogP contribution < -0.4 is 5.32 Å². The topological polar surface area (TPSA) is 49.4 Å². The minimum absolute atomic E-state index is 0.0138. The summed E-state index contributed by atoms with van der Waals surface area (Å²) in [6.07, 6.45) is 2.86. The maximum atomic E-state index is 13.4. The summed E-state index contributed by atoms with van der Waals surface area (Å²) in [6, 6.07) is 15.6. The van der Waals surface area contributed by atoms with Gasteiger partial charge in [0.1, 0.15) is 6.04 Å². The maximum absolute atomic E-state index is 13.4. The van der Waals surface area contributed by atoms with Gasteiger partial charge in [0.25, 0.3) is 0 Å². The van der Waals surface area contributed by atoms with Crippen molar-refractivity contribution in [3.8, 4) is 0 Å². The molecule has 0 fully saturated rings. The van der Waals surface area contributed by atoms with Crippen molar-refractivity contribution in [1.29, 1.82) is 0 Å². The third-order valence-corrected chi connectivity index (χ3v) is 5.26. The molecule has 0 unspecified atom stereocenters. The number of hydrogen-bond acceptors (Lipinski definition) is 2. The fourth-order valence-electron chi connectivity index (χ4n) is 3.46. The molecule has 1 atom stereocenters. The average Bonchev–Trinajstić information content (AvgIpc) is 2.71. The molecule has 0 aliphatic carbocycles. The zero-order valence-electron chi connectivity index (χ0n) is 18.2. The van der Waals surface area contributed by atoms with E-state index in [1.165, 1.54) is 0 Å². The molecule has 2 aromatic rings. The normalized spacial score (nSPS) is 11.7. The number of unbranched alkanes of at least 4 members (excludes halogenated alkanes) is 1. The van der Waals surface area contributed by atoms with Gasteiger partial charge < -0.3 is 10.2 Å². The highest BCUT2D eigenvalue weighted by Gasteiger charge is 2.28. The Morgan fingerprint density at radius 2 is 1.76 bits per heavy atom. The number of nitrogens with zero attached hydrogens (tertiary/aromatic N) is 1. The Balaban J connectivity index is 2.26. The zero-order valence-corrected chi connectivity index (χ0v) is 18.2. The average molecular weight is 395 g/mol. The number of amides is 2. The van der Waals surface area contributed by atoms with Gasteiger partial charge in [0.15, 0.2) is 0 Å². The number of benzene rings is 2. The summed E-state index contributed by atoms with van der Waals surface area (Å²) in [6.45, 7) is 9.20. The van der Waals surface area contributed by atoms with E-state index in [1.54, 1.807) is 4.90 Å². The van der Waals surface area contributed by atoms with Crippen LogP contribution in [0, 0.1) is 13.8 Å². The molecule has 0 aliphatic rings. The Morgan fingerprint density at radius 1 is 1.03 bits per heavy atom. The van der Waals surface area contributed by atoms with Crippen LogP contribution in [0.25, 0.3) is 0 Å². The Labute approximate surface area is 175 Å². The SMILES string of the molecule is CCCCNC(=O)[C@@H](CC)N(Cc1ccccc1)C(=O)Cc1cc(C)ccc1C. The van der Waals surface area contributed by atoms with Gasteiger partial charge in [-0.15, -0.1) is 0 Å². The molecule has 4 heteroatoms. The van der Waals surface area contributed by atoms with Gasteiger partial charge >= 0.3 is 0 Å². The minimum atomic E-state index is -0.468. The van der Waals surface area contributed by atoms with Gasteiger partial charge in [-0.25, -0.2) is 0 Å². The molecule has 29 heavy (non-hydrogen) atoms.